The van der Waals surface area contributed by atoms with Crippen LogP contribution in [0.2, 0.25) is 0 Å². The van der Waals surface area contributed by atoms with Crippen molar-refractivity contribution in [3.05, 3.63) is 141 Å². The molecule has 0 saturated carbocycles. The molecule has 4 aromatic rings. The summed E-state index contributed by atoms with van der Waals surface area (Å²) in [5.74, 6) is -0.602. The van der Waals surface area contributed by atoms with E-state index < -0.39 is 0 Å². The van der Waals surface area contributed by atoms with Crippen LogP contribution in [0, 0.1) is 27.7 Å². The summed E-state index contributed by atoms with van der Waals surface area (Å²) in [6.45, 7) is 10.1. The Morgan fingerprint density at radius 2 is 0.821 bits per heavy atom. The van der Waals surface area contributed by atoms with Crippen molar-refractivity contribution in [3.63, 3.8) is 0 Å². The summed E-state index contributed by atoms with van der Waals surface area (Å²) in [5.41, 5.74) is 9.70. The Bertz CT molecular complexity index is 1290. The van der Waals surface area contributed by atoms with Crippen LogP contribution in [0.25, 0.3) is 0 Å². The van der Waals surface area contributed by atoms with Crippen LogP contribution >= 0.6 is 0 Å². The first-order chi connectivity index (χ1) is 18.7. The van der Waals surface area contributed by atoms with Crippen molar-refractivity contribution < 1.29 is 24.4 Å². The first-order valence-electron chi connectivity index (χ1n) is 13.2. The lowest BCUT2D eigenvalue weighted by atomic mass is 10.1. The topological polar surface area (TPSA) is 69.2 Å². The molecule has 0 bridgehead atoms. The minimum atomic E-state index is -0.301. The summed E-state index contributed by atoms with van der Waals surface area (Å²) in [5, 5.41) is 2.24. The standard InChI is InChI=1S/C34H35NO4/c1-23-13-24(2)16-31(15-23)33(36)38-21-29-9-5-27(6-10-29)19-35-20-28-7-11-30(12-8-28)22-39-34(37)32-17-25(3)14-26(4)18-32/h5-18,35H,19-22H2,1-4H3/p+1. The molecule has 2 N–H and O–H groups in total. The van der Waals surface area contributed by atoms with Gasteiger partial charge in [-0.3, -0.25) is 0 Å². The molecule has 39 heavy (non-hydrogen) atoms. The van der Waals surface area contributed by atoms with Gasteiger partial charge < -0.3 is 14.8 Å². The van der Waals surface area contributed by atoms with Crippen molar-refractivity contribution in [3.8, 4) is 0 Å². The summed E-state index contributed by atoms with van der Waals surface area (Å²) in [4.78, 5) is 24.8. The smallest absolute Gasteiger partial charge is 0.338 e. The Hall–Kier alpha value is -4.22. The van der Waals surface area contributed by atoms with Crippen LogP contribution in [-0.4, -0.2) is 11.9 Å². The van der Waals surface area contributed by atoms with Crippen molar-refractivity contribution in [2.24, 2.45) is 0 Å². The zero-order valence-corrected chi connectivity index (χ0v) is 23.1. The van der Waals surface area contributed by atoms with Crippen molar-refractivity contribution in [1.29, 1.82) is 0 Å². The van der Waals surface area contributed by atoms with Crippen molar-refractivity contribution in [1.82, 2.24) is 0 Å². The van der Waals surface area contributed by atoms with E-state index in [9.17, 15) is 9.59 Å². The van der Waals surface area contributed by atoms with Gasteiger partial charge in [-0.25, -0.2) is 9.59 Å². The SMILES string of the molecule is Cc1cc(C)cc(C(=O)OCc2ccc(C[NH2+]Cc3ccc(COC(=O)c4cc(C)cc(C)c4)cc3)cc2)c1. The predicted molar refractivity (Wildman–Crippen MR) is 152 cm³/mol. The lowest BCUT2D eigenvalue weighted by Crippen LogP contribution is -2.80. The minimum absolute atomic E-state index is 0.252. The van der Waals surface area contributed by atoms with Crippen LogP contribution in [0.3, 0.4) is 0 Å². The third-order valence-electron chi connectivity index (χ3n) is 6.46. The van der Waals surface area contributed by atoms with Crippen LogP contribution in [-0.2, 0) is 35.8 Å². The van der Waals surface area contributed by atoms with Crippen molar-refractivity contribution in [2.45, 2.75) is 54.0 Å². The number of benzene rings is 4. The quantitative estimate of drug-likeness (QED) is 0.263. The molecule has 0 fully saturated rings. The number of quaternary nitrogens is 1. The fraction of sp³-hybridized carbons (Fsp3) is 0.235. The largest absolute Gasteiger partial charge is 0.457 e. The average molecular weight is 523 g/mol. The molecular formula is C34H36NO4+. The second kappa shape index (κ2) is 13.0. The van der Waals surface area contributed by atoms with Gasteiger partial charge in [0.2, 0.25) is 0 Å². The number of esters is 2. The molecule has 0 atom stereocenters. The first kappa shape index (κ1) is 27.8. The van der Waals surface area contributed by atoms with E-state index in [1.165, 1.54) is 11.1 Å². The minimum Gasteiger partial charge on any atom is -0.457 e. The molecule has 0 aliphatic carbocycles. The zero-order chi connectivity index (χ0) is 27.8. The van der Waals surface area contributed by atoms with E-state index in [-0.39, 0.29) is 25.2 Å². The Kier molecular flexibility index (Phi) is 9.29. The molecule has 0 aromatic heterocycles. The van der Waals surface area contributed by atoms with Crippen LogP contribution in [0.5, 0.6) is 0 Å². The maximum Gasteiger partial charge on any atom is 0.338 e. The molecule has 0 radical (unpaired) electrons. The monoisotopic (exact) mass is 522 g/mol. The van der Waals surface area contributed by atoms with E-state index >= 15 is 0 Å². The molecule has 0 unspecified atom stereocenters. The summed E-state index contributed by atoms with van der Waals surface area (Å²) in [7, 11) is 0. The van der Waals surface area contributed by atoms with Crippen LogP contribution in [0.4, 0.5) is 0 Å². The zero-order valence-electron chi connectivity index (χ0n) is 23.1. The van der Waals surface area contributed by atoms with Crippen LogP contribution in [0.15, 0.2) is 84.9 Å². The fourth-order valence-corrected chi connectivity index (χ4v) is 4.60. The Morgan fingerprint density at radius 3 is 1.15 bits per heavy atom. The van der Waals surface area contributed by atoms with Gasteiger partial charge >= 0.3 is 11.9 Å². The van der Waals surface area contributed by atoms with Crippen LogP contribution < -0.4 is 5.32 Å². The maximum atomic E-state index is 12.4. The van der Waals surface area contributed by atoms with E-state index in [1.54, 1.807) is 0 Å². The van der Waals surface area contributed by atoms with E-state index in [4.69, 9.17) is 9.47 Å². The van der Waals surface area contributed by atoms with Gasteiger partial charge in [-0.15, -0.1) is 0 Å². The highest BCUT2D eigenvalue weighted by molar-refractivity contribution is 5.90. The van der Waals surface area contributed by atoms with Crippen molar-refractivity contribution >= 4 is 11.9 Å². The molecule has 5 heteroatoms. The Morgan fingerprint density at radius 1 is 0.513 bits per heavy atom. The predicted octanol–water partition coefficient (Wildman–Crippen LogP) is 5.90. The number of rotatable bonds is 10. The highest BCUT2D eigenvalue weighted by Crippen LogP contribution is 2.14. The average Bonchev–Trinajstić information content (AvgIpc) is 2.90. The number of carbonyl (C=O) groups excluding carboxylic acids is 2. The third kappa shape index (κ3) is 8.39. The second-order valence-corrected chi connectivity index (χ2v) is 10.2. The van der Waals surface area contributed by atoms with Gasteiger partial charge in [0.15, 0.2) is 0 Å². The molecule has 0 heterocycles. The molecule has 0 saturated heterocycles. The normalized spacial score (nSPS) is 10.8. The summed E-state index contributed by atoms with van der Waals surface area (Å²) < 4.78 is 11.0. The number of ether oxygens (including phenoxy) is 2. The highest BCUT2D eigenvalue weighted by atomic mass is 16.5. The van der Waals surface area contributed by atoms with Gasteiger partial charge in [-0.05, 0) is 63.1 Å². The summed E-state index contributed by atoms with van der Waals surface area (Å²) >= 11 is 0. The van der Waals surface area contributed by atoms with E-state index in [1.807, 2.05) is 88.4 Å². The summed E-state index contributed by atoms with van der Waals surface area (Å²) in [6, 6.07) is 27.8. The lowest BCUT2D eigenvalue weighted by molar-refractivity contribution is -0.686. The van der Waals surface area contributed by atoms with E-state index in [0.717, 1.165) is 46.5 Å². The molecule has 200 valence electrons. The molecule has 4 rings (SSSR count). The Labute approximate surface area is 230 Å². The van der Waals surface area contributed by atoms with Gasteiger partial charge in [0.05, 0.1) is 11.1 Å². The first-order valence-corrected chi connectivity index (χ1v) is 13.2. The second-order valence-electron chi connectivity index (χ2n) is 10.2. The number of nitrogens with two attached hydrogens (primary N) is 1. The van der Waals surface area contributed by atoms with Gasteiger partial charge in [-0.2, -0.15) is 0 Å². The molecule has 0 amide bonds. The van der Waals surface area contributed by atoms with E-state index in [0.29, 0.717) is 11.1 Å². The van der Waals surface area contributed by atoms with Gasteiger partial charge in [0, 0.05) is 11.1 Å². The number of carbonyl (C=O) groups is 2. The number of hydrogen-bond acceptors (Lipinski definition) is 4. The lowest BCUT2D eigenvalue weighted by Gasteiger charge is -2.08. The third-order valence-corrected chi connectivity index (χ3v) is 6.46. The maximum absolute atomic E-state index is 12.4. The highest BCUT2D eigenvalue weighted by Gasteiger charge is 2.10. The molecule has 0 aliphatic heterocycles. The van der Waals surface area contributed by atoms with E-state index in [2.05, 4.69) is 29.6 Å². The fourth-order valence-electron chi connectivity index (χ4n) is 4.60. The summed E-state index contributed by atoms with van der Waals surface area (Å²) in [6.07, 6.45) is 0. The molecule has 0 spiro atoms. The van der Waals surface area contributed by atoms with Crippen LogP contribution in [0.1, 0.15) is 65.2 Å². The van der Waals surface area contributed by atoms with Gasteiger partial charge in [0.25, 0.3) is 0 Å². The van der Waals surface area contributed by atoms with Gasteiger partial charge in [0.1, 0.15) is 26.3 Å². The number of aryl methyl sites for hydroxylation is 4. The van der Waals surface area contributed by atoms with Gasteiger partial charge in [-0.1, -0.05) is 82.9 Å². The molecule has 5 nitrogen and oxygen atoms in total. The van der Waals surface area contributed by atoms with Crippen molar-refractivity contribution in [2.75, 3.05) is 0 Å². The molecule has 0 aliphatic rings. The Balaban J connectivity index is 1.19. The number of hydrogen-bond donors (Lipinski definition) is 1. The molecule has 4 aromatic carbocycles. The molecular weight excluding hydrogens is 486 g/mol.